The third-order valence-electron chi connectivity index (χ3n) is 4.97. The average molecular weight is 364 g/mol. The molecule has 7 heteroatoms. The van der Waals surface area contributed by atoms with Crippen LogP contribution in [0.15, 0.2) is 18.2 Å². The highest BCUT2D eigenvalue weighted by atomic mass is 16.5. The third-order valence-corrected chi connectivity index (χ3v) is 4.97. The number of carbonyl (C=O) groups excluding carboxylic acids is 2. The van der Waals surface area contributed by atoms with E-state index in [9.17, 15) is 14.7 Å². The van der Waals surface area contributed by atoms with E-state index in [0.29, 0.717) is 6.54 Å². The van der Waals surface area contributed by atoms with Gasteiger partial charge in [0.25, 0.3) is 0 Å². The van der Waals surface area contributed by atoms with Crippen LogP contribution >= 0.6 is 0 Å². The smallest absolute Gasteiger partial charge is 0.230 e. The van der Waals surface area contributed by atoms with Crippen LogP contribution in [0.4, 0.5) is 5.69 Å². The summed E-state index contributed by atoms with van der Waals surface area (Å²) in [5, 5.41) is 15.9. The van der Waals surface area contributed by atoms with Gasteiger partial charge >= 0.3 is 0 Å². The molecule has 0 aliphatic carbocycles. The zero-order valence-electron chi connectivity index (χ0n) is 15.7. The Morgan fingerprint density at radius 3 is 2.73 bits per heavy atom. The number of morpholine rings is 1. The molecule has 0 spiro atoms. The van der Waals surface area contributed by atoms with Crippen LogP contribution in [0.25, 0.3) is 0 Å². The number of carboxylic acid groups (broad SMARTS) is 1. The molecule has 1 aliphatic heterocycles. The minimum absolute atomic E-state index is 0.0971. The van der Waals surface area contributed by atoms with Crippen molar-refractivity contribution in [3.05, 3.63) is 29.3 Å². The van der Waals surface area contributed by atoms with Crippen molar-refractivity contribution < 1.29 is 29.6 Å². The molecule has 0 bridgehead atoms. The molecule has 1 atom stereocenters. The van der Waals surface area contributed by atoms with E-state index in [1.54, 1.807) is 5.32 Å². The Labute approximate surface area is 154 Å². The molecule has 1 aromatic rings. The minimum atomic E-state index is -1.19. The summed E-state index contributed by atoms with van der Waals surface area (Å²) in [6.45, 7) is 9.15. The molecule has 0 saturated carbocycles. The van der Waals surface area contributed by atoms with Gasteiger partial charge in [0.15, 0.2) is 0 Å². The molecule has 0 aromatic heterocycles. The van der Waals surface area contributed by atoms with Gasteiger partial charge in [0, 0.05) is 12.1 Å². The maximum Gasteiger partial charge on any atom is 0.230 e. The number of carbonyl (C=O) groups is 2. The first kappa shape index (κ1) is 20.4. The first-order chi connectivity index (χ1) is 12.5. The maximum absolute atomic E-state index is 12.2. The molecular formula is C19H30N3O4+. The SMILES string of the molecule is Cc1cccc(NC(=O)C[C@@H]([NH2+]CCC[NH+]2CCOCC2)C(=O)[O-])c1C. The second-order valence-electron chi connectivity index (χ2n) is 6.92. The fraction of sp³-hybridized carbons (Fsp3) is 0.579. The molecule has 1 heterocycles. The Balaban J connectivity index is 1.76. The first-order valence-electron chi connectivity index (χ1n) is 9.29. The van der Waals surface area contributed by atoms with Crippen LogP contribution in [-0.4, -0.2) is 57.3 Å². The number of quaternary nitrogens is 2. The number of rotatable bonds is 9. The highest BCUT2D eigenvalue weighted by Gasteiger charge is 2.19. The first-order valence-corrected chi connectivity index (χ1v) is 9.29. The average Bonchev–Trinajstić information content (AvgIpc) is 2.62. The minimum Gasteiger partial charge on any atom is -0.544 e. The zero-order valence-corrected chi connectivity index (χ0v) is 15.7. The van der Waals surface area contributed by atoms with Crippen LogP contribution in [0.2, 0.25) is 0 Å². The van der Waals surface area contributed by atoms with Crippen molar-refractivity contribution in [1.82, 2.24) is 0 Å². The highest BCUT2D eigenvalue weighted by Crippen LogP contribution is 2.18. The normalized spacial score (nSPS) is 16.2. The third kappa shape index (κ3) is 6.40. The summed E-state index contributed by atoms with van der Waals surface area (Å²) in [7, 11) is 0. The Morgan fingerprint density at radius 2 is 2.04 bits per heavy atom. The van der Waals surface area contributed by atoms with Gasteiger partial charge in [-0.15, -0.1) is 0 Å². The monoisotopic (exact) mass is 364 g/mol. The summed E-state index contributed by atoms with van der Waals surface area (Å²) >= 11 is 0. The van der Waals surface area contributed by atoms with Crippen LogP contribution in [-0.2, 0) is 14.3 Å². The van der Waals surface area contributed by atoms with Gasteiger partial charge < -0.3 is 30.2 Å². The van der Waals surface area contributed by atoms with Gasteiger partial charge in [-0.1, -0.05) is 12.1 Å². The maximum atomic E-state index is 12.2. The van der Waals surface area contributed by atoms with E-state index in [0.717, 1.165) is 56.1 Å². The highest BCUT2D eigenvalue weighted by molar-refractivity contribution is 5.94. The number of hydrogen-bond donors (Lipinski definition) is 3. The summed E-state index contributed by atoms with van der Waals surface area (Å²) in [4.78, 5) is 25.1. The van der Waals surface area contributed by atoms with Gasteiger partial charge in [-0.2, -0.15) is 0 Å². The molecule has 1 aliphatic rings. The number of nitrogens with one attached hydrogen (secondary N) is 2. The molecule has 2 rings (SSSR count). The summed E-state index contributed by atoms with van der Waals surface area (Å²) < 4.78 is 5.32. The lowest BCUT2D eigenvalue weighted by molar-refractivity contribution is -0.909. The fourth-order valence-corrected chi connectivity index (χ4v) is 3.13. The fourth-order valence-electron chi connectivity index (χ4n) is 3.13. The number of anilines is 1. The van der Waals surface area contributed by atoms with Gasteiger partial charge in [-0.25, -0.2) is 0 Å². The molecule has 0 radical (unpaired) electrons. The van der Waals surface area contributed by atoms with Crippen molar-refractivity contribution in [3.63, 3.8) is 0 Å². The lowest BCUT2D eigenvalue weighted by Gasteiger charge is -2.23. The molecule has 7 nitrogen and oxygen atoms in total. The molecular weight excluding hydrogens is 334 g/mol. The van der Waals surface area contributed by atoms with Gasteiger partial charge in [-0.3, -0.25) is 4.79 Å². The summed E-state index contributed by atoms with van der Waals surface area (Å²) in [6, 6.07) is 4.80. The molecule has 144 valence electrons. The van der Waals surface area contributed by atoms with E-state index in [1.165, 1.54) is 4.90 Å². The molecule has 0 unspecified atom stereocenters. The van der Waals surface area contributed by atoms with Gasteiger partial charge in [-0.05, 0) is 31.0 Å². The van der Waals surface area contributed by atoms with Crippen LogP contribution in [0.1, 0.15) is 24.0 Å². The topological polar surface area (TPSA) is 99.5 Å². The summed E-state index contributed by atoms with van der Waals surface area (Å²) in [5.74, 6) is -1.50. The summed E-state index contributed by atoms with van der Waals surface area (Å²) in [5.41, 5.74) is 2.79. The van der Waals surface area contributed by atoms with Crippen molar-refractivity contribution in [2.75, 3.05) is 44.7 Å². The van der Waals surface area contributed by atoms with E-state index in [-0.39, 0.29) is 12.3 Å². The number of aliphatic carboxylic acids is 1. The second kappa shape index (κ2) is 10.3. The van der Waals surface area contributed by atoms with Crippen LogP contribution < -0.4 is 20.6 Å². The van der Waals surface area contributed by atoms with E-state index < -0.39 is 12.0 Å². The van der Waals surface area contributed by atoms with Gasteiger partial charge in [0.2, 0.25) is 5.91 Å². The van der Waals surface area contributed by atoms with Gasteiger partial charge in [0.05, 0.1) is 38.7 Å². The molecule has 1 aromatic carbocycles. The van der Waals surface area contributed by atoms with E-state index in [2.05, 4.69) is 5.32 Å². The largest absolute Gasteiger partial charge is 0.544 e. The molecule has 26 heavy (non-hydrogen) atoms. The predicted octanol–water partition coefficient (Wildman–Crippen LogP) is -2.38. The lowest BCUT2D eigenvalue weighted by atomic mass is 10.1. The standard InChI is InChI=1S/C19H29N3O4/c1-14-5-3-6-16(15(14)2)21-18(23)13-17(19(24)25)20-7-4-8-22-9-11-26-12-10-22/h3,5-6,17,20H,4,7-13H2,1-2H3,(H,21,23)(H,24,25)/p+1/t17-/m1/s1. The van der Waals surface area contributed by atoms with E-state index in [4.69, 9.17) is 4.74 Å². The van der Waals surface area contributed by atoms with E-state index >= 15 is 0 Å². The van der Waals surface area contributed by atoms with Gasteiger partial charge in [0.1, 0.15) is 19.1 Å². The van der Waals surface area contributed by atoms with Crippen LogP contribution in [0.5, 0.6) is 0 Å². The van der Waals surface area contributed by atoms with Crippen molar-refractivity contribution >= 4 is 17.6 Å². The number of benzene rings is 1. The van der Waals surface area contributed by atoms with Crippen molar-refractivity contribution in [2.24, 2.45) is 0 Å². The van der Waals surface area contributed by atoms with Crippen LogP contribution in [0.3, 0.4) is 0 Å². The Hall–Kier alpha value is -1.96. The Bertz CT molecular complexity index is 615. The number of amides is 1. The van der Waals surface area contributed by atoms with E-state index in [1.807, 2.05) is 32.0 Å². The lowest BCUT2D eigenvalue weighted by Crippen LogP contribution is -3.14. The summed E-state index contributed by atoms with van der Waals surface area (Å²) in [6.07, 6.45) is 0.803. The number of nitrogens with two attached hydrogens (primary N) is 1. The van der Waals surface area contributed by atoms with Crippen molar-refractivity contribution in [1.29, 1.82) is 0 Å². The Kier molecular flexibility index (Phi) is 8.03. The quantitative estimate of drug-likeness (QED) is 0.426. The molecule has 1 saturated heterocycles. The number of carboxylic acids is 1. The number of hydrogen-bond acceptors (Lipinski definition) is 4. The number of aryl methyl sites for hydroxylation is 1. The zero-order chi connectivity index (χ0) is 18.9. The Morgan fingerprint density at radius 1 is 1.31 bits per heavy atom. The molecule has 4 N–H and O–H groups in total. The van der Waals surface area contributed by atoms with Crippen LogP contribution in [0, 0.1) is 13.8 Å². The number of ether oxygens (including phenoxy) is 1. The van der Waals surface area contributed by atoms with Crippen molar-refractivity contribution in [2.45, 2.75) is 32.7 Å². The second-order valence-corrected chi connectivity index (χ2v) is 6.92. The molecule has 1 fully saturated rings. The predicted molar refractivity (Wildman–Crippen MR) is 95.7 cm³/mol. The molecule has 1 amide bonds. The van der Waals surface area contributed by atoms with Crippen molar-refractivity contribution in [3.8, 4) is 0 Å².